The van der Waals surface area contributed by atoms with Crippen molar-refractivity contribution in [3.8, 4) is 0 Å². The van der Waals surface area contributed by atoms with E-state index in [1.165, 1.54) is 0 Å². The molecule has 0 aliphatic heterocycles. The minimum Gasteiger partial charge on any atom is -0.396 e. The Labute approximate surface area is 144 Å². The molecule has 134 valence electrons. The lowest BCUT2D eigenvalue weighted by Gasteiger charge is -2.60. The second kappa shape index (κ2) is 4.52. The second-order valence-corrected chi connectivity index (χ2v) is 9.67. The van der Waals surface area contributed by atoms with Gasteiger partial charge in [0.25, 0.3) is 0 Å². The number of rotatable bonds is 1. The van der Waals surface area contributed by atoms with Crippen molar-refractivity contribution in [1.29, 1.82) is 0 Å². The Bertz CT molecular complexity index is 650. The van der Waals surface area contributed by atoms with Gasteiger partial charge in [-0.2, -0.15) is 0 Å². The summed E-state index contributed by atoms with van der Waals surface area (Å²) >= 11 is 0. The first-order valence-corrected chi connectivity index (χ1v) is 9.31. The molecule has 0 amide bonds. The third-order valence-electron chi connectivity index (χ3n) is 8.92. The molecular formula is C20H30O4. The summed E-state index contributed by atoms with van der Waals surface area (Å²) in [7, 11) is 0. The van der Waals surface area contributed by atoms with E-state index in [2.05, 4.69) is 20.8 Å². The monoisotopic (exact) mass is 334 g/mol. The minimum atomic E-state index is -0.777. The Morgan fingerprint density at radius 1 is 1.21 bits per heavy atom. The molecule has 4 nitrogen and oxygen atoms in total. The highest BCUT2D eigenvalue weighted by atomic mass is 16.3. The molecule has 0 unspecified atom stereocenters. The fourth-order valence-electron chi connectivity index (χ4n) is 7.47. The minimum absolute atomic E-state index is 0.0644. The molecule has 4 aliphatic carbocycles. The number of carbonyl (C=O) groups excluding carboxylic acids is 1. The Morgan fingerprint density at radius 3 is 2.46 bits per heavy atom. The molecule has 6 atom stereocenters. The molecule has 4 rings (SSSR count). The number of allylic oxidation sites excluding steroid dienone is 1. The molecule has 0 aromatic carbocycles. The number of aliphatic hydroxyl groups is 3. The standard InChI is InChI=1S/C20H30O4/c1-11-13(22)8-20-12(10-21)5-6-19(24,17(20,2)3)9-15(20)18(4)7-14(23)16(11)18/h12-13,15,21-22,24H,5-10H2,1-4H3/t12-,13+,15-,18-,19-,20+/m0/s1. The molecule has 4 aliphatic rings. The van der Waals surface area contributed by atoms with E-state index in [4.69, 9.17) is 0 Å². The summed E-state index contributed by atoms with van der Waals surface area (Å²) in [5.41, 5.74) is -0.166. The number of hydrogen-bond donors (Lipinski definition) is 3. The van der Waals surface area contributed by atoms with Gasteiger partial charge in [0.15, 0.2) is 5.78 Å². The highest BCUT2D eigenvalue weighted by molar-refractivity contribution is 6.05. The Hall–Kier alpha value is -0.710. The van der Waals surface area contributed by atoms with Crippen LogP contribution in [0.1, 0.15) is 59.8 Å². The first-order valence-electron chi connectivity index (χ1n) is 9.31. The molecule has 3 N–H and O–H groups in total. The molecule has 2 bridgehead atoms. The summed E-state index contributed by atoms with van der Waals surface area (Å²) in [5.74, 6) is 0.344. The molecule has 0 heterocycles. The summed E-state index contributed by atoms with van der Waals surface area (Å²) in [5, 5.41) is 32.6. The van der Waals surface area contributed by atoms with Crippen LogP contribution in [-0.2, 0) is 4.79 Å². The molecule has 0 radical (unpaired) electrons. The van der Waals surface area contributed by atoms with Gasteiger partial charge < -0.3 is 15.3 Å². The van der Waals surface area contributed by atoms with Crippen molar-refractivity contribution >= 4 is 5.78 Å². The number of hydrogen-bond acceptors (Lipinski definition) is 4. The van der Waals surface area contributed by atoms with Gasteiger partial charge >= 0.3 is 0 Å². The number of Topliss-reactive ketones (excluding diaryl/α,β-unsaturated/α-hetero) is 1. The van der Waals surface area contributed by atoms with Crippen molar-refractivity contribution < 1.29 is 20.1 Å². The largest absolute Gasteiger partial charge is 0.396 e. The normalized spacial score (nSPS) is 52.5. The SMILES string of the molecule is CC1=C2C(=O)C[C@@]2(C)[C@@H]2C[C@@]3(O)CC[C@@H](CO)[C@@]2(C[C@H]1O)C3(C)C. The van der Waals surface area contributed by atoms with Gasteiger partial charge in [0.2, 0.25) is 0 Å². The van der Waals surface area contributed by atoms with Crippen molar-refractivity contribution in [2.75, 3.05) is 6.61 Å². The van der Waals surface area contributed by atoms with Crippen molar-refractivity contribution in [1.82, 2.24) is 0 Å². The number of aliphatic hydroxyl groups excluding tert-OH is 2. The second-order valence-electron chi connectivity index (χ2n) is 9.67. The van der Waals surface area contributed by atoms with Crippen LogP contribution in [0.4, 0.5) is 0 Å². The number of carbonyl (C=O) groups is 1. The van der Waals surface area contributed by atoms with Crippen molar-refractivity contribution in [2.24, 2.45) is 28.1 Å². The summed E-state index contributed by atoms with van der Waals surface area (Å²) in [6.07, 6.45) is 2.53. The van der Waals surface area contributed by atoms with Crippen LogP contribution in [0.15, 0.2) is 11.1 Å². The zero-order chi connectivity index (χ0) is 17.7. The topological polar surface area (TPSA) is 77.8 Å². The lowest BCUT2D eigenvalue weighted by atomic mass is 9.44. The number of ketones is 1. The van der Waals surface area contributed by atoms with Gasteiger partial charge in [0.05, 0.1) is 11.7 Å². The van der Waals surface area contributed by atoms with E-state index in [1.54, 1.807) is 0 Å². The van der Waals surface area contributed by atoms with E-state index in [1.807, 2.05) is 6.92 Å². The van der Waals surface area contributed by atoms with Gasteiger partial charge in [0.1, 0.15) is 0 Å². The smallest absolute Gasteiger partial charge is 0.160 e. The molecule has 4 heteroatoms. The van der Waals surface area contributed by atoms with Crippen LogP contribution in [0.25, 0.3) is 0 Å². The van der Waals surface area contributed by atoms with Gasteiger partial charge in [-0.1, -0.05) is 20.8 Å². The van der Waals surface area contributed by atoms with E-state index >= 15 is 0 Å². The third-order valence-corrected chi connectivity index (χ3v) is 8.92. The highest BCUT2D eigenvalue weighted by Crippen LogP contribution is 2.77. The Kier molecular flexibility index (Phi) is 3.15. The molecule has 1 spiro atoms. The van der Waals surface area contributed by atoms with Crippen LogP contribution in [-0.4, -0.2) is 39.4 Å². The Balaban J connectivity index is 1.97. The van der Waals surface area contributed by atoms with Crippen molar-refractivity contribution in [3.63, 3.8) is 0 Å². The fraction of sp³-hybridized carbons (Fsp3) is 0.850. The Morgan fingerprint density at radius 2 is 1.88 bits per heavy atom. The lowest BCUT2D eigenvalue weighted by Crippen LogP contribution is -2.59. The van der Waals surface area contributed by atoms with Gasteiger partial charge in [-0.05, 0) is 60.8 Å². The van der Waals surface area contributed by atoms with Crippen LogP contribution in [0.3, 0.4) is 0 Å². The van der Waals surface area contributed by atoms with E-state index in [-0.39, 0.29) is 35.1 Å². The van der Waals surface area contributed by atoms with E-state index < -0.39 is 17.1 Å². The van der Waals surface area contributed by atoms with Crippen molar-refractivity contribution in [2.45, 2.75) is 71.5 Å². The summed E-state index contributed by atoms with van der Waals surface area (Å²) < 4.78 is 0. The van der Waals surface area contributed by atoms with Crippen LogP contribution >= 0.6 is 0 Å². The molecule has 0 saturated heterocycles. The zero-order valence-electron chi connectivity index (χ0n) is 15.2. The maximum Gasteiger partial charge on any atom is 0.160 e. The van der Waals surface area contributed by atoms with Crippen molar-refractivity contribution in [3.05, 3.63) is 11.1 Å². The lowest BCUT2D eigenvalue weighted by molar-refractivity contribution is -0.174. The summed E-state index contributed by atoms with van der Waals surface area (Å²) in [6.45, 7) is 8.35. The van der Waals surface area contributed by atoms with Gasteiger partial charge in [-0.3, -0.25) is 4.79 Å². The predicted octanol–water partition coefficient (Wildman–Crippen LogP) is 2.21. The number of fused-ring (bicyclic) bond motifs is 3. The molecular weight excluding hydrogens is 304 g/mol. The van der Waals surface area contributed by atoms with Gasteiger partial charge in [-0.25, -0.2) is 0 Å². The van der Waals surface area contributed by atoms with Crippen LogP contribution < -0.4 is 0 Å². The van der Waals surface area contributed by atoms with Crippen LogP contribution in [0.2, 0.25) is 0 Å². The maximum atomic E-state index is 12.4. The first kappa shape index (κ1) is 16.7. The maximum absolute atomic E-state index is 12.4. The summed E-state index contributed by atoms with van der Waals surface area (Å²) in [4.78, 5) is 12.4. The van der Waals surface area contributed by atoms with Crippen LogP contribution in [0, 0.1) is 28.1 Å². The average molecular weight is 334 g/mol. The van der Waals surface area contributed by atoms with Gasteiger partial charge in [0, 0.05) is 24.0 Å². The fourth-order valence-corrected chi connectivity index (χ4v) is 7.47. The van der Waals surface area contributed by atoms with E-state index in [0.717, 1.165) is 17.6 Å². The predicted molar refractivity (Wildman–Crippen MR) is 90.1 cm³/mol. The molecule has 3 saturated carbocycles. The highest BCUT2D eigenvalue weighted by Gasteiger charge is 2.76. The average Bonchev–Trinajstić information content (AvgIpc) is 2.58. The molecule has 0 aromatic heterocycles. The molecule has 3 fully saturated rings. The van der Waals surface area contributed by atoms with Gasteiger partial charge in [-0.15, -0.1) is 0 Å². The molecule has 0 aromatic rings. The third kappa shape index (κ3) is 1.51. The first-order chi connectivity index (χ1) is 11.0. The van der Waals surface area contributed by atoms with Crippen LogP contribution in [0.5, 0.6) is 0 Å². The zero-order valence-corrected chi connectivity index (χ0v) is 15.2. The summed E-state index contributed by atoms with van der Waals surface area (Å²) in [6, 6.07) is 0. The quantitative estimate of drug-likeness (QED) is 0.687. The van der Waals surface area contributed by atoms with E-state index in [9.17, 15) is 20.1 Å². The molecule has 24 heavy (non-hydrogen) atoms. The van der Waals surface area contributed by atoms with E-state index in [0.29, 0.717) is 25.7 Å².